The molecule has 1 amide bonds. The van der Waals surface area contributed by atoms with Crippen LogP contribution >= 0.6 is 0 Å². The van der Waals surface area contributed by atoms with Crippen LogP contribution in [-0.2, 0) is 16.0 Å². The fourth-order valence-corrected chi connectivity index (χ4v) is 3.56. The number of pyridine rings is 1. The van der Waals surface area contributed by atoms with Crippen molar-refractivity contribution in [1.29, 1.82) is 0 Å². The molecule has 1 heterocycles. The van der Waals surface area contributed by atoms with E-state index in [1.165, 1.54) is 19.5 Å². The van der Waals surface area contributed by atoms with Crippen LogP contribution in [0.15, 0.2) is 73.1 Å². The number of esters is 1. The van der Waals surface area contributed by atoms with Crippen LogP contribution in [0.2, 0.25) is 0 Å². The summed E-state index contributed by atoms with van der Waals surface area (Å²) < 4.78 is 5.69. The number of rotatable bonds is 8. The van der Waals surface area contributed by atoms with Crippen LogP contribution in [0.4, 0.5) is 0 Å². The van der Waals surface area contributed by atoms with E-state index in [1.807, 2.05) is 18.2 Å². The molecule has 0 aliphatic heterocycles. The molecule has 170 valence electrons. The van der Waals surface area contributed by atoms with Crippen LogP contribution < -0.4 is 21.2 Å². The van der Waals surface area contributed by atoms with Crippen LogP contribution in [0.5, 0.6) is 0 Å². The lowest BCUT2D eigenvalue weighted by Gasteiger charge is -2.23. The number of amides is 1. The molecule has 0 bridgehead atoms. The molecule has 2 aromatic carbocycles. The molecule has 0 aliphatic rings. The second kappa shape index (κ2) is 10.4. The zero-order valence-corrected chi connectivity index (χ0v) is 18.5. The van der Waals surface area contributed by atoms with Crippen LogP contribution in [0.3, 0.4) is 0 Å². The maximum absolute atomic E-state index is 12.8. The van der Waals surface area contributed by atoms with Gasteiger partial charge in [-0.05, 0) is 54.3 Å². The number of aromatic nitrogens is 1. The molecule has 0 radical (unpaired) electrons. The molecule has 0 aliphatic carbocycles. The van der Waals surface area contributed by atoms with Gasteiger partial charge in [-0.25, -0.2) is 0 Å². The molecule has 0 fully saturated rings. The molecule has 3 rings (SSSR count). The number of methoxy groups -OCH3 is 1. The number of carbonyl (C=O) groups excluding carboxylic acids is 2. The Hall–Kier alpha value is -4.20. The molecular weight excluding hydrogens is 420 g/mol. The van der Waals surface area contributed by atoms with E-state index in [-0.39, 0.29) is 11.7 Å². The minimum Gasteiger partial charge on any atom is -0.619 e. The number of hydrogen-bond donors (Lipinski definition) is 3. The van der Waals surface area contributed by atoms with Crippen LogP contribution in [0, 0.1) is 11.1 Å². The quantitative estimate of drug-likeness (QED) is 0.153. The molecule has 0 unspecified atom stereocenters. The highest BCUT2D eigenvalue weighted by Gasteiger charge is 2.28. The molecular formula is C25H27N4O4+. The van der Waals surface area contributed by atoms with Gasteiger partial charge in [-0.2, -0.15) is 4.73 Å². The summed E-state index contributed by atoms with van der Waals surface area (Å²) in [5.74, 6) is -1.13. The van der Waals surface area contributed by atoms with Gasteiger partial charge in [0.1, 0.15) is 0 Å². The SMILES string of the molecule is COC(=O)[C@H](Cc1cccc(C(N)=[NH2+])c1)[C@@H](C)NC(=O)c1ccc(-c2cc[n+]([O-])cc2)cc1. The van der Waals surface area contributed by atoms with Gasteiger partial charge in [0, 0.05) is 23.7 Å². The minimum atomic E-state index is -0.601. The first-order chi connectivity index (χ1) is 15.8. The highest BCUT2D eigenvalue weighted by Crippen LogP contribution is 2.20. The normalized spacial score (nSPS) is 12.4. The van der Waals surface area contributed by atoms with E-state index in [9.17, 15) is 14.8 Å². The summed E-state index contributed by atoms with van der Waals surface area (Å²) in [6.07, 6.45) is 3.18. The van der Waals surface area contributed by atoms with Crippen molar-refractivity contribution in [2.45, 2.75) is 19.4 Å². The number of benzene rings is 2. The topological polar surface area (TPSA) is 134 Å². The molecule has 2 atom stereocenters. The lowest BCUT2D eigenvalue weighted by atomic mass is 9.92. The second-order valence-electron chi connectivity index (χ2n) is 7.78. The van der Waals surface area contributed by atoms with Crippen molar-refractivity contribution >= 4 is 17.7 Å². The van der Waals surface area contributed by atoms with Gasteiger partial charge in [-0.1, -0.05) is 24.3 Å². The highest BCUT2D eigenvalue weighted by molar-refractivity contribution is 5.95. The average molecular weight is 448 g/mol. The lowest BCUT2D eigenvalue weighted by Crippen LogP contribution is -2.46. The molecule has 5 N–H and O–H groups in total. The Morgan fingerprint density at radius 1 is 1.06 bits per heavy atom. The smallest absolute Gasteiger partial charge is 0.311 e. The van der Waals surface area contributed by atoms with Gasteiger partial charge in [-0.15, -0.1) is 0 Å². The lowest BCUT2D eigenvalue weighted by molar-refractivity contribution is -0.605. The minimum absolute atomic E-state index is 0.194. The third-order valence-corrected chi connectivity index (χ3v) is 5.46. The second-order valence-corrected chi connectivity index (χ2v) is 7.78. The molecule has 3 aromatic rings. The van der Waals surface area contributed by atoms with Crippen molar-refractivity contribution in [3.05, 3.63) is 95.0 Å². The van der Waals surface area contributed by atoms with E-state index in [0.29, 0.717) is 22.3 Å². The number of nitrogens with zero attached hydrogens (tertiary/aromatic N) is 1. The first kappa shape index (κ1) is 23.5. The van der Waals surface area contributed by atoms with Crippen molar-refractivity contribution in [2.24, 2.45) is 11.7 Å². The Morgan fingerprint density at radius 2 is 1.70 bits per heavy atom. The van der Waals surface area contributed by atoms with Gasteiger partial charge in [-0.3, -0.25) is 20.7 Å². The Labute approximate surface area is 192 Å². The van der Waals surface area contributed by atoms with Crippen molar-refractivity contribution < 1.29 is 24.5 Å². The number of ether oxygens (including phenoxy) is 1. The maximum atomic E-state index is 12.8. The summed E-state index contributed by atoms with van der Waals surface area (Å²) in [5, 5.41) is 19.8. The third-order valence-electron chi connectivity index (χ3n) is 5.46. The number of carbonyl (C=O) groups is 2. The summed E-state index contributed by atoms with van der Waals surface area (Å²) in [4.78, 5) is 25.3. The Morgan fingerprint density at radius 3 is 2.30 bits per heavy atom. The largest absolute Gasteiger partial charge is 0.619 e. The molecule has 0 saturated heterocycles. The molecule has 8 heteroatoms. The van der Waals surface area contributed by atoms with E-state index in [0.717, 1.165) is 16.7 Å². The first-order valence-corrected chi connectivity index (χ1v) is 10.4. The van der Waals surface area contributed by atoms with E-state index in [4.69, 9.17) is 15.9 Å². The van der Waals surface area contributed by atoms with E-state index in [1.54, 1.807) is 49.4 Å². The number of amidine groups is 1. The van der Waals surface area contributed by atoms with Gasteiger partial charge in [0.2, 0.25) is 0 Å². The molecule has 1 aromatic heterocycles. The van der Waals surface area contributed by atoms with Crippen molar-refractivity contribution in [2.75, 3.05) is 7.11 Å². The standard InChI is InChI=1S/C25H26N4O4/c1-16(22(25(31)33-2)15-17-4-3-5-21(14-17)23(26)27)28-24(30)20-8-6-18(7-9-20)19-10-12-29(32)13-11-19/h3-14,16,22H,15H2,1-2H3,(H3,26,27)(H,28,30)/p+1/t16-,22-/m1/s1. The van der Waals surface area contributed by atoms with Crippen LogP contribution in [-0.4, -0.2) is 30.9 Å². The van der Waals surface area contributed by atoms with Gasteiger partial charge >= 0.3 is 5.97 Å². The van der Waals surface area contributed by atoms with Gasteiger partial charge < -0.3 is 15.3 Å². The number of nitrogens with one attached hydrogen (secondary N) is 1. The van der Waals surface area contributed by atoms with E-state index in [2.05, 4.69) is 5.32 Å². The van der Waals surface area contributed by atoms with Gasteiger partial charge in [0.15, 0.2) is 12.4 Å². The predicted octanol–water partition coefficient (Wildman–Crippen LogP) is 0.602. The maximum Gasteiger partial charge on any atom is 0.311 e. The summed E-state index contributed by atoms with van der Waals surface area (Å²) in [7, 11) is 1.32. The number of nitrogens with two attached hydrogens (primary N) is 2. The van der Waals surface area contributed by atoms with Crippen molar-refractivity contribution in [1.82, 2.24) is 5.32 Å². The highest BCUT2D eigenvalue weighted by atomic mass is 16.5. The van der Waals surface area contributed by atoms with Crippen LogP contribution in [0.25, 0.3) is 11.1 Å². The molecule has 0 spiro atoms. The predicted molar refractivity (Wildman–Crippen MR) is 124 cm³/mol. The Kier molecular flexibility index (Phi) is 7.40. The average Bonchev–Trinajstić information content (AvgIpc) is 2.82. The fraction of sp³-hybridized carbons (Fsp3) is 0.200. The third kappa shape index (κ3) is 5.94. The summed E-state index contributed by atoms with van der Waals surface area (Å²) in [5.41, 5.74) is 9.40. The molecule has 8 nitrogen and oxygen atoms in total. The molecule has 0 saturated carbocycles. The first-order valence-electron chi connectivity index (χ1n) is 10.4. The molecule has 33 heavy (non-hydrogen) atoms. The van der Waals surface area contributed by atoms with Crippen LogP contribution in [0.1, 0.15) is 28.4 Å². The van der Waals surface area contributed by atoms with Gasteiger partial charge in [0.25, 0.3) is 11.7 Å². The Bertz CT molecular complexity index is 1140. The summed E-state index contributed by atoms with van der Waals surface area (Å²) in [6.45, 7) is 1.77. The van der Waals surface area contributed by atoms with E-state index < -0.39 is 17.9 Å². The Balaban J connectivity index is 1.72. The monoisotopic (exact) mass is 447 g/mol. The zero-order valence-electron chi connectivity index (χ0n) is 18.5. The van der Waals surface area contributed by atoms with E-state index >= 15 is 0 Å². The summed E-state index contributed by atoms with van der Waals surface area (Å²) in [6, 6.07) is 17.2. The fourth-order valence-electron chi connectivity index (χ4n) is 3.56. The van der Waals surface area contributed by atoms with Crippen molar-refractivity contribution in [3.63, 3.8) is 0 Å². The summed E-state index contributed by atoms with van der Waals surface area (Å²) >= 11 is 0. The van der Waals surface area contributed by atoms with Crippen molar-refractivity contribution in [3.8, 4) is 11.1 Å². The number of hydrogen-bond acceptors (Lipinski definition) is 4. The van der Waals surface area contributed by atoms with Gasteiger partial charge in [0.05, 0.1) is 18.6 Å². The zero-order chi connectivity index (χ0) is 24.0.